The molecule has 5 aromatic rings. The maximum absolute atomic E-state index is 15.1. The molecule has 18 nitrogen and oxygen atoms in total. The Morgan fingerprint density at radius 3 is 2.44 bits per heavy atom. The third kappa shape index (κ3) is 14.1. The third-order valence-electron chi connectivity index (χ3n) is 9.12. The Balaban J connectivity index is 0.837. The minimum atomic E-state index is -4.79. The van der Waals surface area contributed by atoms with Gasteiger partial charge in [-0.2, -0.15) is 18.3 Å². The standard InChI is InChI=1S/C40H46F4N10O8S/c1-39(2,57)25-54-22-27(20-46-54)36-32(40(42,43)44)21-45-38(50-36)48-34-9-7-30(19-33(34)41)63(58)47-11-13-61-24-28-23-53(52-51-28)12-14-59-15-16-60-17-18-62-29-5-3-26(4-6-29)31-8-10-35(55)49-37(31)56/h3-7,9,19-23,31,47,57H,8,10-18,24-25H2,1-2H3,(H,45,48,50)(H,49,55,56). The highest BCUT2D eigenvalue weighted by Crippen LogP contribution is 2.36. The van der Waals surface area contributed by atoms with Gasteiger partial charge in [0.2, 0.25) is 17.8 Å². The van der Waals surface area contributed by atoms with Crippen LogP contribution in [0.2, 0.25) is 0 Å². The number of imide groups is 1. The lowest BCUT2D eigenvalue weighted by Crippen LogP contribution is -2.39. The highest BCUT2D eigenvalue weighted by molar-refractivity contribution is 7.83. The van der Waals surface area contributed by atoms with Crippen LogP contribution in [-0.2, 0) is 60.7 Å². The number of aromatic nitrogens is 7. The van der Waals surface area contributed by atoms with Crippen molar-refractivity contribution in [3.05, 3.63) is 89.9 Å². The average Bonchev–Trinajstić information content (AvgIpc) is 3.89. The summed E-state index contributed by atoms with van der Waals surface area (Å²) in [5.41, 5.74) is -1.53. The number of halogens is 4. The van der Waals surface area contributed by atoms with Gasteiger partial charge in [-0.3, -0.25) is 19.6 Å². The monoisotopic (exact) mass is 902 g/mol. The molecule has 0 saturated carbocycles. The van der Waals surface area contributed by atoms with Gasteiger partial charge in [0.25, 0.3) is 0 Å². The molecule has 2 aromatic carbocycles. The van der Waals surface area contributed by atoms with Crippen molar-refractivity contribution >= 4 is 34.4 Å². The first kappa shape index (κ1) is 46.8. The third-order valence-corrected chi connectivity index (χ3v) is 10.3. The van der Waals surface area contributed by atoms with E-state index in [0.29, 0.717) is 70.1 Å². The molecular formula is C40H46F4N10O8S. The van der Waals surface area contributed by atoms with Crippen LogP contribution in [-0.4, -0.2) is 108 Å². The number of hydrogen-bond donors (Lipinski definition) is 4. The fraction of sp³-hybridized carbons (Fsp3) is 0.425. The Bertz CT molecular complexity index is 2340. The molecule has 1 saturated heterocycles. The molecule has 2 unspecified atom stereocenters. The number of anilines is 2. The van der Waals surface area contributed by atoms with Gasteiger partial charge in [0.1, 0.15) is 40.4 Å². The predicted octanol–water partition coefficient (Wildman–Crippen LogP) is 4.07. The number of carbonyl (C=O) groups excluding carboxylic acids is 2. The lowest BCUT2D eigenvalue weighted by Gasteiger charge is -2.21. The number of rotatable bonds is 23. The van der Waals surface area contributed by atoms with Gasteiger partial charge >= 0.3 is 6.18 Å². The minimum Gasteiger partial charge on any atom is -0.491 e. The number of ether oxygens (including phenoxy) is 4. The Kier molecular flexibility index (Phi) is 16.0. The van der Waals surface area contributed by atoms with Gasteiger partial charge in [0, 0.05) is 30.9 Å². The van der Waals surface area contributed by atoms with Crippen molar-refractivity contribution < 1.29 is 55.4 Å². The number of carbonyl (C=O) groups is 2. The smallest absolute Gasteiger partial charge is 0.419 e. The van der Waals surface area contributed by atoms with Crippen molar-refractivity contribution in [1.29, 1.82) is 0 Å². The molecule has 0 radical (unpaired) electrons. The molecular weight excluding hydrogens is 857 g/mol. The van der Waals surface area contributed by atoms with E-state index in [4.69, 9.17) is 18.9 Å². The van der Waals surface area contributed by atoms with Crippen LogP contribution in [0.15, 0.2) is 72.1 Å². The van der Waals surface area contributed by atoms with Crippen molar-refractivity contribution in [2.45, 2.75) is 69.0 Å². The molecule has 4 N–H and O–H groups in total. The van der Waals surface area contributed by atoms with Gasteiger partial charge in [-0.25, -0.2) is 28.0 Å². The van der Waals surface area contributed by atoms with Crippen LogP contribution in [0.5, 0.6) is 5.75 Å². The van der Waals surface area contributed by atoms with E-state index >= 15 is 4.39 Å². The van der Waals surface area contributed by atoms with E-state index in [1.54, 1.807) is 23.0 Å². The number of nitrogens with one attached hydrogen (secondary N) is 3. The van der Waals surface area contributed by atoms with Crippen molar-refractivity contribution in [2.75, 3.05) is 51.5 Å². The molecule has 1 fully saturated rings. The van der Waals surface area contributed by atoms with Crippen LogP contribution >= 0.6 is 0 Å². The Morgan fingerprint density at radius 1 is 0.952 bits per heavy atom. The van der Waals surface area contributed by atoms with Crippen molar-refractivity contribution in [2.24, 2.45) is 0 Å². The highest BCUT2D eigenvalue weighted by Gasteiger charge is 2.36. The molecule has 1 aliphatic rings. The van der Waals surface area contributed by atoms with Crippen LogP contribution in [0.25, 0.3) is 11.3 Å². The van der Waals surface area contributed by atoms with Crippen LogP contribution < -0.4 is 20.1 Å². The van der Waals surface area contributed by atoms with E-state index in [0.717, 1.165) is 11.6 Å². The second kappa shape index (κ2) is 21.6. The molecule has 0 aliphatic carbocycles. The number of benzene rings is 2. The summed E-state index contributed by atoms with van der Waals surface area (Å²) < 4.78 is 97.5. The van der Waals surface area contributed by atoms with Crippen molar-refractivity contribution in [3.63, 3.8) is 0 Å². The first-order chi connectivity index (χ1) is 30.1. The zero-order chi connectivity index (χ0) is 45.0. The number of alkyl halides is 3. The molecule has 6 rings (SSSR count). The van der Waals surface area contributed by atoms with E-state index in [1.165, 1.54) is 43.1 Å². The van der Waals surface area contributed by atoms with Gasteiger partial charge in [-0.15, -0.1) is 5.10 Å². The van der Waals surface area contributed by atoms with E-state index in [9.17, 15) is 32.1 Å². The largest absolute Gasteiger partial charge is 0.491 e. The fourth-order valence-electron chi connectivity index (χ4n) is 6.16. The summed E-state index contributed by atoms with van der Waals surface area (Å²) in [7, 11) is -1.82. The summed E-state index contributed by atoms with van der Waals surface area (Å²) in [5, 5.41) is 27.1. The quantitative estimate of drug-likeness (QED) is 0.0413. The first-order valence-corrected chi connectivity index (χ1v) is 20.9. The number of piperidine rings is 1. The zero-order valence-corrected chi connectivity index (χ0v) is 35.1. The Hall–Kier alpha value is -5.72. The van der Waals surface area contributed by atoms with Crippen LogP contribution in [0.3, 0.4) is 0 Å². The average molecular weight is 903 g/mol. The van der Waals surface area contributed by atoms with Crippen LogP contribution in [0.4, 0.5) is 29.2 Å². The van der Waals surface area contributed by atoms with Gasteiger partial charge in [-0.05, 0) is 56.2 Å². The lowest BCUT2D eigenvalue weighted by molar-refractivity contribution is -0.137. The highest BCUT2D eigenvalue weighted by atomic mass is 32.2. The van der Waals surface area contributed by atoms with Gasteiger partial charge in [0.05, 0.1) is 92.9 Å². The van der Waals surface area contributed by atoms with E-state index < -0.39 is 39.8 Å². The molecule has 23 heteroatoms. The Morgan fingerprint density at radius 2 is 1.71 bits per heavy atom. The summed E-state index contributed by atoms with van der Waals surface area (Å²) in [6.45, 7) is 5.77. The van der Waals surface area contributed by atoms with E-state index in [-0.39, 0.29) is 66.1 Å². The molecule has 338 valence electrons. The first-order valence-electron chi connectivity index (χ1n) is 19.7. The molecule has 1 aliphatic heterocycles. The molecule has 0 spiro atoms. The number of nitrogens with zero attached hydrogens (tertiary/aromatic N) is 7. The van der Waals surface area contributed by atoms with Crippen LogP contribution in [0, 0.1) is 5.82 Å². The maximum atomic E-state index is 15.1. The second-order valence-electron chi connectivity index (χ2n) is 14.8. The van der Waals surface area contributed by atoms with Crippen molar-refractivity contribution in [3.8, 4) is 17.0 Å². The fourth-order valence-corrected chi connectivity index (χ4v) is 7.00. The summed E-state index contributed by atoms with van der Waals surface area (Å²) >= 11 is 0. The molecule has 0 bridgehead atoms. The van der Waals surface area contributed by atoms with Gasteiger partial charge < -0.3 is 29.4 Å². The summed E-state index contributed by atoms with van der Waals surface area (Å²) in [4.78, 5) is 31.3. The summed E-state index contributed by atoms with van der Waals surface area (Å²) in [6, 6.07) is 10.9. The van der Waals surface area contributed by atoms with Crippen LogP contribution in [0.1, 0.15) is 49.4 Å². The lowest BCUT2D eigenvalue weighted by atomic mass is 9.90. The van der Waals surface area contributed by atoms with Gasteiger partial charge in [0.15, 0.2) is 0 Å². The zero-order valence-electron chi connectivity index (χ0n) is 34.3. The number of aliphatic hydroxyl groups is 1. The van der Waals surface area contributed by atoms with E-state index in [1.807, 2.05) is 12.1 Å². The molecule has 63 heavy (non-hydrogen) atoms. The van der Waals surface area contributed by atoms with E-state index in [2.05, 4.69) is 40.7 Å². The molecule has 2 amide bonds. The minimum absolute atomic E-state index is 0.0152. The second-order valence-corrected chi connectivity index (χ2v) is 16.1. The molecule has 4 heterocycles. The number of amides is 2. The van der Waals surface area contributed by atoms with Crippen molar-refractivity contribution in [1.82, 2.24) is 44.8 Å². The summed E-state index contributed by atoms with van der Waals surface area (Å²) in [6.07, 6.45) is 0.801. The Labute approximate surface area is 361 Å². The normalized spacial score (nSPS) is 15.1. The molecule has 3 aromatic heterocycles. The van der Waals surface area contributed by atoms with Gasteiger partial charge in [-0.1, -0.05) is 17.3 Å². The topological polar surface area (TPSA) is 219 Å². The number of hydrogen-bond acceptors (Lipinski definition) is 14. The SMILES string of the molecule is CC(C)(O)Cn1cc(-c2nc(Nc3ccc(S(=O)NCCOCc4cn(CCOCCOCCOc5ccc(C6CCC(=O)NC6=O)cc5)nn4)cc3F)ncc2C(F)(F)F)cn1. The predicted molar refractivity (Wildman–Crippen MR) is 217 cm³/mol. The molecule has 2 atom stereocenters. The summed E-state index contributed by atoms with van der Waals surface area (Å²) in [5.74, 6) is -1.39. The maximum Gasteiger partial charge on any atom is 0.419 e.